The SMILES string of the molecule is CC/C=C\[C@@H]1C[C@H](/C=C/CC)C2C1C(=O)N2C(=O)OC(C)(C)C. The third-order valence-electron chi connectivity index (χ3n) is 4.46. The van der Waals surface area contributed by atoms with Crippen LogP contribution in [0.5, 0.6) is 0 Å². The van der Waals surface area contributed by atoms with Gasteiger partial charge in [0, 0.05) is 0 Å². The fourth-order valence-electron chi connectivity index (χ4n) is 3.56. The first-order valence-electron chi connectivity index (χ1n) is 8.69. The molecule has 23 heavy (non-hydrogen) atoms. The maximum absolute atomic E-state index is 12.5. The number of carbonyl (C=O) groups is 2. The summed E-state index contributed by atoms with van der Waals surface area (Å²) in [5.74, 6) is 0.313. The van der Waals surface area contributed by atoms with Crippen LogP contribution in [0.25, 0.3) is 0 Å². The van der Waals surface area contributed by atoms with Crippen LogP contribution in [0.3, 0.4) is 0 Å². The van der Waals surface area contributed by atoms with Crippen LogP contribution in [0.4, 0.5) is 4.79 Å². The molecule has 0 radical (unpaired) electrons. The highest BCUT2D eigenvalue weighted by Crippen LogP contribution is 2.49. The Hall–Kier alpha value is -1.58. The molecule has 2 rings (SSSR count). The zero-order valence-electron chi connectivity index (χ0n) is 14.9. The molecule has 0 bridgehead atoms. The van der Waals surface area contributed by atoms with Crippen molar-refractivity contribution in [2.24, 2.45) is 17.8 Å². The van der Waals surface area contributed by atoms with E-state index in [2.05, 4.69) is 38.2 Å². The first-order chi connectivity index (χ1) is 10.8. The summed E-state index contributed by atoms with van der Waals surface area (Å²) in [7, 11) is 0. The van der Waals surface area contributed by atoms with Crippen molar-refractivity contribution < 1.29 is 14.3 Å². The van der Waals surface area contributed by atoms with Crippen molar-refractivity contribution in [2.75, 3.05) is 0 Å². The van der Waals surface area contributed by atoms with Crippen molar-refractivity contribution in [3.63, 3.8) is 0 Å². The van der Waals surface area contributed by atoms with E-state index >= 15 is 0 Å². The van der Waals surface area contributed by atoms with Gasteiger partial charge in [0.1, 0.15) is 5.60 Å². The smallest absolute Gasteiger partial charge is 0.417 e. The standard InChI is InChI=1S/C19H29NO3/c1-6-8-10-13-12-14(11-9-7-2)16-15(13)17(21)20(16)18(22)23-19(3,4)5/h8-11,13-16H,6-7,12H2,1-5H3/b10-8-,11-9+/t13-,14+,15?,16?/m1/s1. The van der Waals surface area contributed by atoms with Gasteiger partial charge in [-0.15, -0.1) is 0 Å². The summed E-state index contributed by atoms with van der Waals surface area (Å²) in [6, 6.07) is -0.0494. The van der Waals surface area contributed by atoms with Crippen molar-refractivity contribution >= 4 is 12.0 Å². The second-order valence-corrected chi connectivity index (χ2v) is 7.44. The van der Waals surface area contributed by atoms with Gasteiger partial charge in [-0.2, -0.15) is 0 Å². The Bertz CT molecular complexity index is 515. The Morgan fingerprint density at radius 2 is 1.74 bits per heavy atom. The molecular weight excluding hydrogens is 290 g/mol. The van der Waals surface area contributed by atoms with Crippen molar-refractivity contribution in [3.8, 4) is 0 Å². The fourth-order valence-corrected chi connectivity index (χ4v) is 3.56. The number of imide groups is 1. The lowest BCUT2D eigenvalue weighted by Gasteiger charge is -2.45. The van der Waals surface area contributed by atoms with Crippen LogP contribution in [0.2, 0.25) is 0 Å². The number of hydrogen-bond donors (Lipinski definition) is 0. The molecule has 2 amide bonds. The molecule has 1 saturated carbocycles. The molecular formula is C19H29NO3. The lowest BCUT2D eigenvalue weighted by atomic mass is 9.82. The van der Waals surface area contributed by atoms with Gasteiger partial charge in [0.25, 0.3) is 0 Å². The van der Waals surface area contributed by atoms with Crippen LogP contribution in [0.15, 0.2) is 24.3 Å². The number of fused-ring (bicyclic) bond motifs is 1. The average molecular weight is 319 g/mol. The molecule has 1 aliphatic heterocycles. The number of rotatable bonds is 4. The number of β-lactam (4-membered cyclic amide) rings is 1. The number of amides is 2. The van der Waals surface area contributed by atoms with Crippen molar-refractivity contribution in [1.29, 1.82) is 0 Å². The molecule has 2 fully saturated rings. The van der Waals surface area contributed by atoms with Crippen LogP contribution in [0.1, 0.15) is 53.9 Å². The topological polar surface area (TPSA) is 46.6 Å². The Balaban J connectivity index is 2.19. The third kappa shape index (κ3) is 3.67. The number of likely N-dealkylation sites (tertiary alicyclic amines) is 1. The first kappa shape index (κ1) is 17.8. The molecule has 4 nitrogen and oxygen atoms in total. The highest BCUT2D eigenvalue weighted by atomic mass is 16.6. The van der Waals surface area contributed by atoms with Crippen LogP contribution < -0.4 is 0 Å². The monoisotopic (exact) mass is 319 g/mol. The molecule has 1 aliphatic carbocycles. The highest BCUT2D eigenvalue weighted by molar-refractivity contribution is 6.00. The van der Waals surface area contributed by atoms with Crippen molar-refractivity contribution in [2.45, 2.75) is 65.5 Å². The Morgan fingerprint density at radius 1 is 1.17 bits per heavy atom. The Labute approximate surface area is 139 Å². The second-order valence-electron chi connectivity index (χ2n) is 7.44. The van der Waals surface area contributed by atoms with Gasteiger partial charge in [0.15, 0.2) is 0 Å². The van der Waals surface area contributed by atoms with Gasteiger partial charge in [-0.05, 0) is 51.9 Å². The molecule has 4 heteroatoms. The zero-order chi connectivity index (χ0) is 17.2. The van der Waals surface area contributed by atoms with Gasteiger partial charge in [-0.3, -0.25) is 4.79 Å². The Morgan fingerprint density at radius 3 is 2.26 bits per heavy atom. The second kappa shape index (κ2) is 6.90. The average Bonchev–Trinajstić information content (AvgIpc) is 2.74. The summed E-state index contributed by atoms with van der Waals surface area (Å²) in [6.07, 6.45) is 10.9. The minimum Gasteiger partial charge on any atom is -0.443 e. The summed E-state index contributed by atoms with van der Waals surface area (Å²) in [4.78, 5) is 26.3. The van der Waals surface area contributed by atoms with Crippen LogP contribution in [0, 0.1) is 17.8 Å². The van der Waals surface area contributed by atoms with E-state index < -0.39 is 11.7 Å². The van der Waals surface area contributed by atoms with Gasteiger partial charge in [0.05, 0.1) is 12.0 Å². The van der Waals surface area contributed by atoms with E-state index in [1.807, 2.05) is 20.8 Å². The van der Waals surface area contributed by atoms with Crippen molar-refractivity contribution in [1.82, 2.24) is 4.90 Å². The summed E-state index contributed by atoms with van der Waals surface area (Å²) in [5, 5.41) is 0. The maximum atomic E-state index is 12.5. The van der Waals surface area contributed by atoms with E-state index in [4.69, 9.17) is 4.74 Å². The largest absolute Gasteiger partial charge is 0.443 e. The molecule has 4 atom stereocenters. The number of hydrogen-bond acceptors (Lipinski definition) is 3. The van der Waals surface area contributed by atoms with E-state index in [0.29, 0.717) is 0 Å². The van der Waals surface area contributed by atoms with E-state index in [0.717, 1.165) is 19.3 Å². The quantitative estimate of drug-likeness (QED) is 0.573. The molecule has 2 aliphatic rings. The lowest BCUT2D eigenvalue weighted by molar-refractivity contribution is -0.154. The van der Waals surface area contributed by atoms with Crippen LogP contribution >= 0.6 is 0 Å². The predicted molar refractivity (Wildman–Crippen MR) is 90.8 cm³/mol. The summed E-state index contributed by atoms with van der Waals surface area (Å²) in [5.41, 5.74) is -0.586. The van der Waals surface area contributed by atoms with Crippen LogP contribution in [-0.2, 0) is 9.53 Å². The number of carbonyl (C=O) groups excluding carboxylic acids is 2. The molecule has 0 aromatic heterocycles. The van der Waals surface area contributed by atoms with Gasteiger partial charge < -0.3 is 4.74 Å². The Kier molecular flexibility index (Phi) is 5.33. The van der Waals surface area contributed by atoms with E-state index in [1.165, 1.54) is 4.90 Å². The molecule has 0 N–H and O–H groups in total. The van der Waals surface area contributed by atoms with E-state index in [1.54, 1.807) is 0 Å². The fraction of sp³-hybridized carbons (Fsp3) is 0.684. The minimum atomic E-state index is -0.586. The highest BCUT2D eigenvalue weighted by Gasteiger charge is 2.61. The zero-order valence-corrected chi connectivity index (χ0v) is 14.9. The van der Waals surface area contributed by atoms with Crippen molar-refractivity contribution in [3.05, 3.63) is 24.3 Å². The maximum Gasteiger partial charge on any atom is 0.417 e. The molecule has 0 spiro atoms. The van der Waals surface area contributed by atoms with Gasteiger partial charge >= 0.3 is 6.09 Å². The summed E-state index contributed by atoms with van der Waals surface area (Å²) >= 11 is 0. The molecule has 2 unspecified atom stereocenters. The molecule has 0 aromatic rings. The molecule has 128 valence electrons. The third-order valence-corrected chi connectivity index (χ3v) is 4.46. The predicted octanol–water partition coefficient (Wildman–Crippen LogP) is 4.32. The number of ether oxygens (including phenoxy) is 1. The van der Waals surface area contributed by atoms with E-state index in [9.17, 15) is 9.59 Å². The van der Waals surface area contributed by atoms with E-state index in [-0.39, 0.29) is 29.7 Å². The lowest BCUT2D eigenvalue weighted by Crippen LogP contribution is -2.64. The molecule has 1 heterocycles. The van der Waals surface area contributed by atoms with Crippen LogP contribution in [-0.4, -0.2) is 28.5 Å². The molecule has 1 saturated heterocycles. The summed E-state index contributed by atoms with van der Waals surface area (Å²) in [6.45, 7) is 9.65. The molecule has 0 aromatic carbocycles. The van der Waals surface area contributed by atoms with Gasteiger partial charge in [0.2, 0.25) is 5.91 Å². The minimum absolute atomic E-state index is 0.0494. The van der Waals surface area contributed by atoms with Gasteiger partial charge in [-0.25, -0.2) is 9.69 Å². The summed E-state index contributed by atoms with van der Waals surface area (Å²) < 4.78 is 5.41. The number of allylic oxidation sites excluding steroid dienone is 3. The normalized spacial score (nSPS) is 30.8. The number of nitrogens with zero attached hydrogens (tertiary/aromatic N) is 1. The van der Waals surface area contributed by atoms with Gasteiger partial charge in [-0.1, -0.05) is 38.2 Å². The first-order valence-corrected chi connectivity index (χ1v) is 8.69.